The monoisotopic (exact) mass is 231 g/mol. The van der Waals surface area contributed by atoms with Gasteiger partial charge in [-0.3, -0.25) is 4.90 Å². The van der Waals surface area contributed by atoms with Crippen LogP contribution in [0, 0.1) is 11.3 Å². The molecule has 1 aliphatic rings. The van der Waals surface area contributed by atoms with Gasteiger partial charge in [0.2, 0.25) is 0 Å². The number of piperazine rings is 1. The fraction of sp³-hybridized carbons (Fsp3) is 0.462. The van der Waals surface area contributed by atoms with Gasteiger partial charge in [-0.25, -0.2) is 0 Å². The van der Waals surface area contributed by atoms with Gasteiger partial charge in [-0.1, -0.05) is 12.1 Å². The van der Waals surface area contributed by atoms with Gasteiger partial charge >= 0.3 is 0 Å². The van der Waals surface area contributed by atoms with Crippen LogP contribution in [-0.2, 0) is 0 Å². The summed E-state index contributed by atoms with van der Waals surface area (Å²) in [6.07, 6.45) is 0. The molecule has 0 spiro atoms. The fourth-order valence-corrected chi connectivity index (χ4v) is 2.14. The Morgan fingerprint density at radius 1 is 1.29 bits per heavy atom. The van der Waals surface area contributed by atoms with Gasteiger partial charge in [0.1, 0.15) is 11.8 Å². The SMILES string of the molecule is CN1CCN(C(C#N)c2cccc(O)c2)CC1. The molecule has 1 N–H and O–H groups in total. The summed E-state index contributed by atoms with van der Waals surface area (Å²) >= 11 is 0. The number of aromatic hydroxyl groups is 1. The number of rotatable bonds is 2. The number of likely N-dealkylation sites (N-methyl/N-ethyl adjacent to an activating group) is 1. The summed E-state index contributed by atoms with van der Waals surface area (Å²) in [7, 11) is 2.09. The lowest BCUT2D eigenvalue weighted by Crippen LogP contribution is -2.45. The van der Waals surface area contributed by atoms with Crippen molar-refractivity contribution in [3.63, 3.8) is 0 Å². The van der Waals surface area contributed by atoms with Gasteiger partial charge in [-0.05, 0) is 24.7 Å². The van der Waals surface area contributed by atoms with Crippen LogP contribution < -0.4 is 0 Å². The van der Waals surface area contributed by atoms with Crippen LogP contribution in [0.15, 0.2) is 24.3 Å². The average Bonchev–Trinajstić information content (AvgIpc) is 2.33. The summed E-state index contributed by atoms with van der Waals surface area (Å²) in [5.74, 6) is 0.219. The zero-order chi connectivity index (χ0) is 12.3. The van der Waals surface area contributed by atoms with E-state index in [4.69, 9.17) is 0 Å². The van der Waals surface area contributed by atoms with Crippen LogP contribution in [0.1, 0.15) is 11.6 Å². The summed E-state index contributed by atoms with van der Waals surface area (Å²) in [4.78, 5) is 4.42. The van der Waals surface area contributed by atoms with Crippen molar-refractivity contribution in [2.45, 2.75) is 6.04 Å². The molecule has 1 heterocycles. The van der Waals surface area contributed by atoms with Crippen molar-refractivity contribution in [3.8, 4) is 11.8 Å². The minimum atomic E-state index is -0.254. The molecule has 0 saturated carbocycles. The second-order valence-corrected chi connectivity index (χ2v) is 4.47. The molecule has 4 heteroatoms. The lowest BCUT2D eigenvalue weighted by Gasteiger charge is -2.35. The summed E-state index contributed by atoms with van der Waals surface area (Å²) in [5, 5.41) is 18.8. The van der Waals surface area contributed by atoms with Crippen LogP contribution in [-0.4, -0.2) is 48.1 Å². The number of nitriles is 1. The maximum Gasteiger partial charge on any atom is 0.124 e. The first-order valence-corrected chi connectivity index (χ1v) is 5.82. The number of nitrogens with zero attached hydrogens (tertiary/aromatic N) is 3. The Bertz CT molecular complexity index is 419. The first-order chi connectivity index (χ1) is 8.20. The molecule has 1 unspecified atom stereocenters. The molecule has 17 heavy (non-hydrogen) atoms. The second kappa shape index (κ2) is 5.17. The Hall–Kier alpha value is -1.57. The van der Waals surface area contributed by atoms with E-state index in [1.54, 1.807) is 18.2 Å². The minimum Gasteiger partial charge on any atom is -0.508 e. The van der Waals surface area contributed by atoms with E-state index in [0.29, 0.717) is 0 Å². The first-order valence-electron chi connectivity index (χ1n) is 5.82. The van der Waals surface area contributed by atoms with Crippen LogP contribution in [0.4, 0.5) is 0 Å². The molecule has 0 aromatic heterocycles. The molecular weight excluding hydrogens is 214 g/mol. The Morgan fingerprint density at radius 2 is 2.00 bits per heavy atom. The predicted molar refractivity (Wildman–Crippen MR) is 65.5 cm³/mol. The quantitative estimate of drug-likeness (QED) is 0.831. The van der Waals surface area contributed by atoms with E-state index in [2.05, 4.69) is 22.9 Å². The standard InChI is InChI=1S/C13H17N3O/c1-15-5-7-16(8-6-15)13(10-14)11-3-2-4-12(17)9-11/h2-4,9,13,17H,5-8H2,1H3. The highest BCUT2D eigenvalue weighted by molar-refractivity contribution is 5.32. The van der Waals surface area contributed by atoms with Gasteiger partial charge in [-0.2, -0.15) is 5.26 Å². The van der Waals surface area contributed by atoms with E-state index in [1.807, 2.05) is 6.07 Å². The van der Waals surface area contributed by atoms with Crippen LogP contribution >= 0.6 is 0 Å². The Morgan fingerprint density at radius 3 is 2.59 bits per heavy atom. The van der Waals surface area contributed by atoms with E-state index in [-0.39, 0.29) is 11.8 Å². The average molecular weight is 231 g/mol. The van der Waals surface area contributed by atoms with Gasteiger partial charge in [0, 0.05) is 26.2 Å². The van der Waals surface area contributed by atoms with E-state index < -0.39 is 0 Å². The van der Waals surface area contributed by atoms with E-state index in [1.165, 1.54) is 0 Å². The molecule has 1 aliphatic heterocycles. The molecule has 0 radical (unpaired) electrons. The highest BCUT2D eigenvalue weighted by Crippen LogP contribution is 2.24. The Kier molecular flexibility index (Phi) is 3.62. The van der Waals surface area contributed by atoms with Crippen LogP contribution in [0.2, 0.25) is 0 Å². The summed E-state index contributed by atoms with van der Waals surface area (Å²) in [5.41, 5.74) is 0.872. The van der Waals surface area contributed by atoms with Gasteiger partial charge in [-0.15, -0.1) is 0 Å². The smallest absolute Gasteiger partial charge is 0.124 e. The molecule has 2 rings (SSSR count). The van der Waals surface area contributed by atoms with Crippen molar-refractivity contribution in [1.82, 2.24) is 9.80 Å². The number of hydrogen-bond donors (Lipinski definition) is 1. The molecule has 1 aromatic carbocycles. The molecule has 1 fully saturated rings. The minimum absolute atomic E-state index is 0.219. The van der Waals surface area contributed by atoms with E-state index in [9.17, 15) is 10.4 Å². The van der Waals surface area contributed by atoms with Crippen molar-refractivity contribution in [1.29, 1.82) is 5.26 Å². The lowest BCUT2D eigenvalue weighted by molar-refractivity contribution is 0.132. The molecule has 90 valence electrons. The number of phenols is 1. The van der Waals surface area contributed by atoms with Gasteiger partial charge in [0.15, 0.2) is 0 Å². The van der Waals surface area contributed by atoms with Gasteiger partial charge in [0.25, 0.3) is 0 Å². The zero-order valence-electron chi connectivity index (χ0n) is 10.0. The second-order valence-electron chi connectivity index (χ2n) is 4.47. The zero-order valence-corrected chi connectivity index (χ0v) is 10.0. The highest BCUT2D eigenvalue weighted by Gasteiger charge is 2.23. The largest absolute Gasteiger partial charge is 0.508 e. The molecule has 0 amide bonds. The lowest BCUT2D eigenvalue weighted by atomic mass is 10.1. The van der Waals surface area contributed by atoms with Gasteiger partial charge < -0.3 is 10.0 Å². The van der Waals surface area contributed by atoms with Crippen molar-refractivity contribution < 1.29 is 5.11 Å². The summed E-state index contributed by atoms with van der Waals surface area (Å²) in [6.45, 7) is 3.75. The number of phenolic OH excluding ortho intramolecular Hbond substituents is 1. The van der Waals surface area contributed by atoms with E-state index in [0.717, 1.165) is 31.7 Å². The van der Waals surface area contributed by atoms with Crippen LogP contribution in [0.5, 0.6) is 5.75 Å². The third kappa shape index (κ3) is 2.76. The van der Waals surface area contributed by atoms with Crippen molar-refractivity contribution in [2.75, 3.05) is 33.2 Å². The Labute approximate surface area is 102 Å². The molecule has 1 saturated heterocycles. The number of benzene rings is 1. The molecule has 4 nitrogen and oxygen atoms in total. The maximum absolute atomic E-state index is 9.46. The third-order valence-electron chi connectivity index (χ3n) is 3.21. The van der Waals surface area contributed by atoms with Crippen molar-refractivity contribution in [2.24, 2.45) is 0 Å². The molecule has 1 aromatic rings. The van der Waals surface area contributed by atoms with Crippen LogP contribution in [0.3, 0.4) is 0 Å². The predicted octanol–water partition coefficient (Wildman–Crippen LogP) is 1.20. The highest BCUT2D eigenvalue weighted by atomic mass is 16.3. The van der Waals surface area contributed by atoms with Gasteiger partial charge in [0.05, 0.1) is 6.07 Å². The normalized spacial score (nSPS) is 19.8. The third-order valence-corrected chi connectivity index (χ3v) is 3.21. The number of hydrogen-bond acceptors (Lipinski definition) is 4. The summed E-state index contributed by atoms with van der Waals surface area (Å²) in [6, 6.07) is 9.05. The molecule has 1 atom stereocenters. The maximum atomic E-state index is 9.46. The van der Waals surface area contributed by atoms with Crippen molar-refractivity contribution in [3.05, 3.63) is 29.8 Å². The first kappa shape index (κ1) is 11.9. The summed E-state index contributed by atoms with van der Waals surface area (Å²) < 4.78 is 0. The fourth-order valence-electron chi connectivity index (χ4n) is 2.14. The molecule has 0 aliphatic carbocycles. The Balaban J connectivity index is 2.14. The van der Waals surface area contributed by atoms with Crippen molar-refractivity contribution >= 4 is 0 Å². The van der Waals surface area contributed by atoms with E-state index >= 15 is 0 Å². The molecular formula is C13H17N3O. The molecule has 0 bridgehead atoms. The van der Waals surface area contributed by atoms with Crippen LogP contribution in [0.25, 0.3) is 0 Å². The topological polar surface area (TPSA) is 50.5 Å².